The SMILES string of the molecule is CCCCCCCCCCCCCCCCN(C(C)(C)CCCCCCCCCCCC)C(C)(C)CCCCCCCCCCCC. The van der Waals surface area contributed by atoms with Crippen molar-refractivity contribution in [1.29, 1.82) is 0 Å². The molecular formula is C46H95N. The number of nitrogens with zero attached hydrogens (tertiary/aromatic N) is 1. The summed E-state index contributed by atoms with van der Waals surface area (Å²) in [4.78, 5) is 2.99. The molecule has 0 aliphatic heterocycles. The molecule has 1 heteroatoms. The summed E-state index contributed by atoms with van der Waals surface area (Å²) in [5, 5.41) is 0. The van der Waals surface area contributed by atoms with Crippen molar-refractivity contribution in [1.82, 2.24) is 4.90 Å². The summed E-state index contributed by atoms with van der Waals surface area (Å²) in [6, 6.07) is 0. The second-order valence-corrected chi connectivity index (χ2v) is 17.2. The molecule has 0 spiro atoms. The molecule has 47 heavy (non-hydrogen) atoms. The number of rotatable bonds is 39. The van der Waals surface area contributed by atoms with E-state index < -0.39 is 0 Å². The lowest BCUT2D eigenvalue weighted by Gasteiger charge is -2.49. The van der Waals surface area contributed by atoms with E-state index in [4.69, 9.17) is 0 Å². The van der Waals surface area contributed by atoms with E-state index in [2.05, 4.69) is 53.4 Å². The predicted octanol–water partition coefficient (Wildman–Crippen LogP) is 16.9. The molecule has 0 atom stereocenters. The zero-order chi connectivity index (χ0) is 34.7. The molecule has 0 heterocycles. The van der Waals surface area contributed by atoms with Gasteiger partial charge < -0.3 is 0 Å². The summed E-state index contributed by atoms with van der Waals surface area (Å²) >= 11 is 0. The summed E-state index contributed by atoms with van der Waals surface area (Å²) in [5.74, 6) is 0. The molecule has 0 amide bonds. The van der Waals surface area contributed by atoms with Gasteiger partial charge in [0.2, 0.25) is 0 Å². The zero-order valence-corrected chi connectivity index (χ0v) is 34.6. The molecule has 0 aliphatic rings. The van der Waals surface area contributed by atoms with Gasteiger partial charge in [-0.15, -0.1) is 0 Å². The Morgan fingerprint density at radius 1 is 0.255 bits per heavy atom. The van der Waals surface area contributed by atoms with Gasteiger partial charge in [0.1, 0.15) is 0 Å². The van der Waals surface area contributed by atoms with E-state index in [1.54, 1.807) is 0 Å². The third-order valence-corrected chi connectivity index (χ3v) is 11.5. The minimum absolute atomic E-state index is 0.304. The third-order valence-electron chi connectivity index (χ3n) is 11.5. The van der Waals surface area contributed by atoms with Crippen LogP contribution in [0.2, 0.25) is 0 Å². The van der Waals surface area contributed by atoms with Crippen LogP contribution >= 0.6 is 0 Å². The Hall–Kier alpha value is -0.0400. The van der Waals surface area contributed by atoms with Crippen molar-refractivity contribution in [3.63, 3.8) is 0 Å². The minimum atomic E-state index is 0.304. The Morgan fingerprint density at radius 2 is 0.447 bits per heavy atom. The summed E-state index contributed by atoms with van der Waals surface area (Å²) in [6.07, 6.45) is 51.8. The standard InChI is InChI=1S/C46H95N/c1-8-11-14-17-20-23-26-27-28-29-32-35-38-41-44-47(45(4,5)42-39-36-33-30-24-21-18-15-12-9-2)46(6,7)43-40-37-34-31-25-22-19-16-13-10-3/h8-44H2,1-7H3. The summed E-state index contributed by atoms with van der Waals surface area (Å²) in [5.41, 5.74) is 0.608. The summed E-state index contributed by atoms with van der Waals surface area (Å²) in [6.45, 7) is 18.6. The molecule has 0 aromatic rings. The fourth-order valence-electron chi connectivity index (χ4n) is 8.25. The Labute approximate surface area is 301 Å². The fourth-order valence-corrected chi connectivity index (χ4v) is 8.25. The van der Waals surface area contributed by atoms with Crippen molar-refractivity contribution in [2.45, 2.75) is 291 Å². The van der Waals surface area contributed by atoms with E-state index in [0.717, 1.165) is 0 Å². The van der Waals surface area contributed by atoms with E-state index in [1.807, 2.05) is 0 Å². The molecular weight excluding hydrogens is 567 g/mol. The normalized spacial score (nSPS) is 12.5. The van der Waals surface area contributed by atoms with Crippen molar-refractivity contribution in [3.05, 3.63) is 0 Å². The van der Waals surface area contributed by atoms with Gasteiger partial charge in [0, 0.05) is 11.1 Å². The van der Waals surface area contributed by atoms with E-state index in [-0.39, 0.29) is 0 Å². The maximum atomic E-state index is 2.99. The smallest absolute Gasteiger partial charge is 0.0158 e. The number of unbranched alkanes of at least 4 members (excludes halogenated alkanes) is 31. The molecule has 0 fully saturated rings. The lowest BCUT2D eigenvalue weighted by atomic mass is 9.85. The maximum Gasteiger partial charge on any atom is 0.0158 e. The highest BCUT2D eigenvalue weighted by molar-refractivity contribution is 4.92. The van der Waals surface area contributed by atoms with Crippen molar-refractivity contribution >= 4 is 0 Å². The highest BCUT2D eigenvalue weighted by atomic mass is 15.2. The van der Waals surface area contributed by atoms with Crippen LogP contribution in [0.15, 0.2) is 0 Å². The van der Waals surface area contributed by atoms with E-state index in [1.165, 1.54) is 238 Å². The van der Waals surface area contributed by atoms with Gasteiger partial charge in [0.05, 0.1) is 0 Å². The summed E-state index contributed by atoms with van der Waals surface area (Å²) in [7, 11) is 0. The third kappa shape index (κ3) is 30.5. The average molecular weight is 662 g/mol. The molecule has 0 aliphatic carbocycles. The summed E-state index contributed by atoms with van der Waals surface area (Å²) < 4.78 is 0. The van der Waals surface area contributed by atoms with Crippen LogP contribution in [-0.4, -0.2) is 22.5 Å². The second-order valence-electron chi connectivity index (χ2n) is 17.2. The monoisotopic (exact) mass is 662 g/mol. The largest absolute Gasteiger partial charge is 0.293 e. The number of hydrogen-bond donors (Lipinski definition) is 0. The highest BCUT2D eigenvalue weighted by Gasteiger charge is 2.36. The van der Waals surface area contributed by atoms with Crippen molar-refractivity contribution in [2.75, 3.05) is 6.54 Å². The molecule has 0 unspecified atom stereocenters. The maximum absolute atomic E-state index is 2.99. The molecule has 0 N–H and O–H groups in total. The molecule has 0 saturated carbocycles. The Balaban J connectivity index is 4.51. The molecule has 1 nitrogen and oxygen atoms in total. The van der Waals surface area contributed by atoms with Crippen LogP contribution in [0.5, 0.6) is 0 Å². The molecule has 0 aromatic heterocycles. The molecule has 0 radical (unpaired) electrons. The van der Waals surface area contributed by atoms with Gasteiger partial charge in [-0.2, -0.15) is 0 Å². The quantitative estimate of drug-likeness (QED) is 0.0593. The molecule has 0 bridgehead atoms. The zero-order valence-electron chi connectivity index (χ0n) is 34.6. The van der Waals surface area contributed by atoms with Gasteiger partial charge in [0.25, 0.3) is 0 Å². The van der Waals surface area contributed by atoms with Crippen LogP contribution in [0.1, 0.15) is 280 Å². The molecule has 0 saturated heterocycles. The number of hydrogen-bond acceptors (Lipinski definition) is 1. The van der Waals surface area contributed by atoms with Crippen LogP contribution in [-0.2, 0) is 0 Å². The van der Waals surface area contributed by atoms with Crippen molar-refractivity contribution < 1.29 is 0 Å². The Bertz CT molecular complexity index is 556. The van der Waals surface area contributed by atoms with Gasteiger partial charge in [-0.25, -0.2) is 0 Å². The highest BCUT2D eigenvalue weighted by Crippen LogP contribution is 2.34. The second kappa shape index (κ2) is 34.4. The topological polar surface area (TPSA) is 3.24 Å². The Kier molecular flexibility index (Phi) is 34.4. The first-order valence-corrected chi connectivity index (χ1v) is 22.6. The average Bonchev–Trinajstić information content (AvgIpc) is 3.04. The lowest BCUT2D eigenvalue weighted by molar-refractivity contribution is 0.00151. The molecule has 0 rings (SSSR count). The van der Waals surface area contributed by atoms with Crippen LogP contribution in [0.25, 0.3) is 0 Å². The van der Waals surface area contributed by atoms with E-state index in [0.29, 0.717) is 11.1 Å². The van der Waals surface area contributed by atoms with Gasteiger partial charge >= 0.3 is 0 Å². The first-order chi connectivity index (χ1) is 22.8. The first kappa shape index (κ1) is 47.0. The Morgan fingerprint density at radius 3 is 0.681 bits per heavy atom. The van der Waals surface area contributed by atoms with Gasteiger partial charge in [-0.05, 0) is 53.5 Å². The van der Waals surface area contributed by atoms with Gasteiger partial charge in [-0.3, -0.25) is 4.90 Å². The van der Waals surface area contributed by atoms with Crippen LogP contribution in [0.4, 0.5) is 0 Å². The predicted molar refractivity (Wildman–Crippen MR) is 218 cm³/mol. The van der Waals surface area contributed by atoms with Crippen molar-refractivity contribution in [2.24, 2.45) is 0 Å². The van der Waals surface area contributed by atoms with Gasteiger partial charge in [0.15, 0.2) is 0 Å². The fraction of sp³-hybridized carbons (Fsp3) is 1.00. The van der Waals surface area contributed by atoms with Crippen LogP contribution < -0.4 is 0 Å². The van der Waals surface area contributed by atoms with E-state index >= 15 is 0 Å². The van der Waals surface area contributed by atoms with Crippen LogP contribution in [0.3, 0.4) is 0 Å². The van der Waals surface area contributed by atoms with Crippen LogP contribution in [0, 0.1) is 0 Å². The minimum Gasteiger partial charge on any atom is -0.293 e. The molecule has 284 valence electrons. The first-order valence-electron chi connectivity index (χ1n) is 22.6. The molecule has 0 aromatic carbocycles. The van der Waals surface area contributed by atoms with Crippen molar-refractivity contribution in [3.8, 4) is 0 Å². The van der Waals surface area contributed by atoms with E-state index in [9.17, 15) is 0 Å². The van der Waals surface area contributed by atoms with Gasteiger partial charge in [-0.1, -0.05) is 233 Å². The lowest BCUT2D eigenvalue weighted by Crippen LogP contribution is -2.55.